The van der Waals surface area contributed by atoms with Gasteiger partial charge in [0.15, 0.2) is 0 Å². The van der Waals surface area contributed by atoms with Crippen LogP contribution in [0.15, 0.2) is 18.3 Å². The van der Waals surface area contributed by atoms with Gasteiger partial charge in [-0.1, -0.05) is 27.5 Å². The van der Waals surface area contributed by atoms with Crippen LogP contribution in [-0.4, -0.2) is 29.6 Å². The lowest BCUT2D eigenvalue weighted by molar-refractivity contribution is -0.119. The Bertz CT molecular complexity index is 329. The van der Waals surface area contributed by atoms with Gasteiger partial charge in [0.1, 0.15) is 12.4 Å². The van der Waals surface area contributed by atoms with Crippen LogP contribution in [0.5, 0.6) is 0 Å². The van der Waals surface area contributed by atoms with E-state index in [2.05, 4.69) is 20.9 Å². The molecule has 0 aliphatic rings. The van der Waals surface area contributed by atoms with Crippen molar-refractivity contribution in [1.82, 2.24) is 4.98 Å². The number of hydrogen-bond acceptors (Lipinski definition) is 2. The molecule has 2 nitrogen and oxygen atoms in total. The van der Waals surface area contributed by atoms with E-state index in [1.807, 2.05) is 0 Å². The highest BCUT2D eigenvalue weighted by Gasteiger charge is 2.31. The molecule has 0 N–H and O–H groups in total. The van der Waals surface area contributed by atoms with Crippen LogP contribution in [0.2, 0.25) is 5.02 Å². The summed E-state index contributed by atoms with van der Waals surface area (Å²) in [5.74, 6) is 0.265. The van der Waals surface area contributed by atoms with E-state index in [0.717, 1.165) is 4.90 Å². The van der Waals surface area contributed by atoms with Crippen molar-refractivity contribution in [2.45, 2.75) is 6.18 Å². The molecular formula is C9H9BrClF3N2. The molecule has 0 saturated carbocycles. The van der Waals surface area contributed by atoms with Gasteiger partial charge in [-0.05, 0) is 12.1 Å². The van der Waals surface area contributed by atoms with Crippen molar-refractivity contribution in [3.63, 3.8) is 0 Å². The first-order valence-electron chi connectivity index (χ1n) is 4.41. The summed E-state index contributed by atoms with van der Waals surface area (Å²) in [6.07, 6.45) is -2.92. The average molecular weight is 318 g/mol. The molecule has 0 atom stereocenters. The summed E-state index contributed by atoms with van der Waals surface area (Å²) in [5, 5.41) is 0.836. The molecule has 0 amide bonds. The Kier molecular flexibility index (Phi) is 4.86. The van der Waals surface area contributed by atoms with Gasteiger partial charge in [-0.25, -0.2) is 4.98 Å². The summed E-state index contributed by atoms with van der Waals surface area (Å²) in [7, 11) is 0. The third kappa shape index (κ3) is 4.57. The number of hydrogen-bond donors (Lipinski definition) is 0. The van der Waals surface area contributed by atoms with Crippen molar-refractivity contribution in [3.05, 3.63) is 23.4 Å². The molecule has 7 heteroatoms. The van der Waals surface area contributed by atoms with Gasteiger partial charge in [0.25, 0.3) is 0 Å². The number of aromatic nitrogens is 1. The Balaban J connectivity index is 2.80. The van der Waals surface area contributed by atoms with Crippen LogP contribution in [0.25, 0.3) is 0 Å². The molecule has 0 radical (unpaired) electrons. The first-order chi connectivity index (χ1) is 7.42. The van der Waals surface area contributed by atoms with Gasteiger partial charge in [-0.15, -0.1) is 0 Å². The fourth-order valence-electron chi connectivity index (χ4n) is 1.15. The fourth-order valence-corrected chi connectivity index (χ4v) is 1.69. The maximum atomic E-state index is 12.3. The molecular weight excluding hydrogens is 308 g/mol. The highest BCUT2D eigenvalue weighted by molar-refractivity contribution is 9.09. The maximum Gasteiger partial charge on any atom is 0.405 e. The summed E-state index contributed by atoms with van der Waals surface area (Å²) < 4.78 is 36.8. The lowest BCUT2D eigenvalue weighted by atomic mass is 10.4. The Morgan fingerprint density at radius 2 is 2.06 bits per heavy atom. The Labute approximate surface area is 105 Å². The average Bonchev–Trinajstić information content (AvgIpc) is 2.16. The van der Waals surface area contributed by atoms with Crippen LogP contribution in [0.3, 0.4) is 0 Å². The van der Waals surface area contributed by atoms with Crippen molar-refractivity contribution in [1.29, 1.82) is 0 Å². The monoisotopic (exact) mass is 316 g/mol. The number of anilines is 1. The SMILES string of the molecule is FC(F)(F)CN(CCBr)c1ccc(Cl)cn1. The number of rotatable bonds is 4. The van der Waals surface area contributed by atoms with Crippen LogP contribution in [0.4, 0.5) is 19.0 Å². The van der Waals surface area contributed by atoms with Gasteiger partial charge in [0.05, 0.1) is 5.02 Å². The highest BCUT2D eigenvalue weighted by atomic mass is 79.9. The van der Waals surface area contributed by atoms with Crippen molar-refractivity contribution >= 4 is 33.3 Å². The molecule has 0 spiro atoms. The van der Waals surface area contributed by atoms with Crippen molar-refractivity contribution in [2.24, 2.45) is 0 Å². The van der Waals surface area contributed by atoms with E-state index in [1.165, 1.54) is 18.3 Å². The summed E-state index contributed by atoms with van der Waals surface area (Å²) in [6, 6.07) is 2.98. The van der Waals surface area contributed by atoms with E-state index in [-0.39, 0.29) is 12.4 Å². The second kappa shape index (κ2) is 5.72. The molecule has 90 valence electrons. The predicted molar refractivity (Wildman–Crippen MR) is 61.3 cm³/mol. The van der Waals surface area contributed by atoms with Crippen LogP contribution in [0, 0.1) is 0 Å². The number of alkyl halides is 4. The van der Waals surface area contributed by atoms with Crippen molar-refractivity contribution in [3.8, 4) is 0 Å². The van der Waals surface area contributed by atoms with Crippen LogP contribution < -0.4 is 4.90 Å². The minimum atomic E-state index is -4.25. The lowest BCUT2D eigenvalue weighted by Crippen LogP contribution is -2.36. The third-order valence-electron chi connectivity index (χ3n) is 1.76. The maximum absolute atomic E-state index is 12.3. The molecule has 0 saturated heterocycles. The minimum Gasteiger partial charge on any atom is -0.347 e. The van der Waals surface area contributed by atoms with E-state index in [4.69, 9.17) is 11.6 Å². The largest absolute Gasteiger partial charge is 0.405 e. The quantitative estimate of drug-likeness (QED) is 0.790. The predicted octanol–water partition coefficient (Wildman–Crippen LogP) is 3.50. The van der Waals surface area contributed by atoms with Gasteiger partial charge >= 0.3 is 6.18 Å². The van der Waals surface area contributed by atoms with Crippen LogP contribution in [0.1, 0.15) is 0 Å². The smallest absolute Gasteiger partial charge is 0.347 e. The Morgan fingerprint density at radius 3 is 2.50 bits per heavy atom. The molecule has 1 aromatic heterocycles. The molecule has 1 rings (SSSR count). The second-order valence-electron chi connectivity index (χ2n) is 3.06. The first kappa shape index (κ1) is 13.6. The summed E-state index contributed by atoms with van der Waals surface area (Å²) in [4.78, 5) is 5.00. The van der Waals surface area contributed by atoms with Crippen LogP contribution >= 0.6 is 27.5 Å². The molecule has 0 aliphatic carbocycles. The van der Waals surface area contributed by atoms with E-state index in [0.29, 0.717) is 10.4 Å². The summed E-state index contributed by atoms with van der Waals surface area (Å²) in [5.41, 5.74) is 0. The van der Waals surface area contributed by atoms with Gasteiger partial charge in [0.2, 0.25) is 0 Å². The van der Waals surface area contributed by atoms with Gasteiger partial charge < -0.3 is 4.90 Å². The van der Waals surface area contributed by atoms with Crippen molar-refractivity contribution in [2.75, 3.05) is 23.3 Å². The van der Waals surface area contributed by atoms with E-state index >= 15 is 0 Å². The zero-order chi connectivity index (χ0) is 12.2. The van der Waals surface area contributed by atoms with Gasteiger partial charge in [0, 0.05) is 18.1 Å². The number of pyridine rings is 1. The number of halogens is 5. The minimum absolute atomic E-state index is 0.230. The molecule has 0 aliphatic heterocycles. The van der Waals surface area contributed by atoms with E-state index in [9.17, 15) is 13.2 Å². The first-order valence-corrected chi connectivity index (χ1v) is 5.91. The highest BCUT2D eigenvalue weighted by Crippen LogP contribution is 2.21. The lowest BCUT2D eigenvalue weighted by Gasteiger charge is -2.23. The van der Waals surface area contributed by atoms with Gasteiger partial charge in [-0.3, -0.25) is 0 Å². The molecule has 0 unspecified atom stereocenters. The summed E-state index contributed by atoms with van der Waals surface area (Å²) in [6.45, 7) is -0.790. The Hall–Kier alpha value is -0.490. The zero-order valence-corrected chi connectivity index (χ0v) is 10.5. The standard InChI is InChI=1S/C9H9BrClF3N2/c10-3-4-16(6-9(12,13)14)8-2-1-7(11)5-15-8/h1-2,5H,3-4,6H2. The normalized spacial score (nSPS) is 11.6. The molecule has 1 aromatic rings. The molecule has 1 heterocycles. The Morgan fingerprint density at radius 1 is 1.38 bits per heavy atom. The van der Waals surface area contributed by atoms with E-state index < -0.39 is 12.7 Å². The third-order valence-corrected chi connectivity index (χ3v) is 2.34. The molecule has 16 heavy (non-hydrogen) atoms. The number of nitrogens with zero attached hydrogens (tertiary/aromatic N) is 2. The zero-order valence-electron chi connectivity index (χ0n) is 8.14. The molecule has 0 bridgehead atoms. The molecule has 0 aromatic carbocycles. The summed E-state index contributed by atoms with van der Waals surface area (Å²) >= 11 is 8.72. The van der Waals surface area contributed by atoms with Crippen molar-refractivity contribution < 1.29 is 13.2 Å². The van der Waals surface area contributed by atoms with Gasteiger partial charge in [-0.2, -0.15) is 13.2 Å². The topological polar surface area (TPSA) is 16.1 Å². The molecule has 0 fully saturated rings. The second-order valence-corrected chi connectivity index (χ2v) is 4.29. The van der Waals surface area contributed by atoms with Crippen LogP contribution in [-0.2, 0) is 0 Å². The fraction of sp³-hybridized carbons (Fsp3) is 0.444. The van der Waals surface area contributed by atoms with E-state index in [1.54, 1.807) is 0 Å².